The highest BCUT2D eigenvalue weighted by molar-refractivity contribution is 5.73. The number of hydrogen-bond donors (Lipinski definition) is 3. The Morgan fingerprint density at radius 2 is 2.32 bits per heavy atom. The van der Waals surface area contributed by atoms with Crippen molar-refractivity contribution in [1.82, 2.24) is 19.8 Å². The summed E-state index contributed by atoms with van der Waals surface area (Å²) in [5.41, 5.74) is 0. The number of carbonyl (C=O) groups excluding carboxylic acids is 1. The van der Waals surface area contributed by atoms with Crippen molar-refractivity contribution in [3.05, 3.63) is 42.9 Å². The average Bonchev–Trinajstić information content (AvgIpc) is 3.30. The Morgan fingerprint density at radius 1 is 1.56 bits per heavy atom. The van der Waals surface area contributed by atoms with Gasteiger partial charge in [0.05, 0.1) is 12.6 Å². The van der Waals surface area contributed by atoms with Gasteiger partial charge in [-0.05, 0) is 12.1 Å². The summed E-state index contributed by atoms with van der Waals surface area (Å²) in [5.74, 6) is 0.749. The third-order valence-corrected chi connectivity index (χ3v) is 3.47. The first-order valence-electron chi connectivity index (χ1n) is 7.76. The highest BCUT2D eigenvalue weighted by Crippen LogP contribution is 2.08. The molecule has 0 aliphatic rings. The molecular formula is C16H24N4O5. The van der Waals surface area contributed by atoms with Gasteiger partial charge in [0.1, 0.15) is 5.76 Å². The van der Waals surface area contributed by atoms with Crippen LogP contribution in [0.25, 0.3) is 0 Å². The predicted molar refractivity (Wildman–Crippen MR) is 89.9 cm³/mol. The Balaban J connectivity index is 0.000000970. The first kappa shape index (κ1) is 20.2. The maximum Gasteiger partial charge on any atom is 0.317 e. The second kappa shape index (κ2) is 11.7. The van der Waals surface area contributed by atoms with E-state index in [4.69, 9.17) is 14.3 Å². The molecule has 138 valence electrons. The van der Waals surface area contributed by atoms with E-state index in [0.29, 0.717) is 26.1 Å². The van der Waals surface area contributed by atoms with Crippen molar-refractivity contribution < 1.29 is 24.2 Å². The lowest BCUT2D eigenvalue weighted by atomic mass is 10.1. The van der Waals surface area contributed by atoms with E-state index in [1.807, 2.05) is 22.9 Å². The average molecular weight is 352 g/mol. The number of furan rings is 1. The molecule has 0 spiro atoms. The SMILES string of the molecule is CN(CCn1ccnc1)C(=O)NCC(CO)Cc1ccco1.O=CO. The van der Waals surface area contributed by atoms with Crippen LogP contribution in [0.3, 0.4) is 0 Å². The van der Waals surface area contributed by atoms with Crippen molar-refractivity contribution in [3.8, 4) is 0 Å². The van der Waals surface area contributed by atoms with E-state index in [-0.39, 0.29) is 25.0 Å². The molecule has 2 aromatic rings. The van der Waals surface area contributed by atoms with E-state index < -0.39 is 0 Å². The number of urea groups is 1. The number of aromatic nitrogens is 2. The molecule has 0 aliphatic heterocycles. The lowest BCUT2D eigenvalue weighted by Crippen LogP contribution is -2.41. The number of rotatable bonds is 8. The van der Waals surface area contributed by atoms with Crippen LogP contribution in [0.5, 0.6) is 0 Å². The van der Waals surface area contributed by atoms with Crippen LogP contribution >= 0.6 is 0 Å². The van der Waals surface area contributed by atoms with Gasteiger partial charge >= 0.3 is 6.03 Å². The number of carbonyl (C=O) groups is 2. The molecule has 0 radical (unpaired) electrons. The number of aliphatic hydroxyl groups excluding tert-OH is 1. The van der Waals surface area contributed by atoms with Gasteiger partial charge in [-0.3, -0.25) is 4.79 Å². The summed E-state index contributed by atoms with van der Waals surface area (Å²) in [6, 6.07) is 3.52. The molecule has 25 heavy (non-hydrogen) atoms. The molecule has 1 unspecified atom stereocenters. The van der Waals surface area contributed by atoms with Crippen molar-refractivity contribution in [2.45, 2.75) is 13.0 Å². The smallest absolute Gasteiger partial charge is 0.317 e. The lowest BCUT2D eigenvalue weighted by molar-refractivity contribution is -0.122. The zero-order valence-electron chi connectivity index (χ0n) is 14.1. The molecule has 2 heterocycles. The van der Waals surface area contributed by atoms with E-state index in [2.05, 4.69) is 10.3 Å². The normalized spacial score (nSPS) is 11.1. The molecule has 0 aliphatic carbocycles. The number of nitrogens with one attached hydrogen (secondary N) is 1. The van der Waals surface area contributed by atoms with E-state index in [9.17, 15) is 9.90 Å². The maximum absolute atomic E-state index is 12.0. The molecule has 9 nitrogen and oxygen atoms in total. The second-order valence-corrected chi connectivity index (χ2v) is 5.35. The van der Waals surface area contributed by atoms with Crippen molar-refractivity contribution in [2.24, 2.45) is 5.92 Å². The van der Waals surface area contributed by atoms with Crippen molar-refractivity contribution in [3.63, 3.8) is 0 Å². The number of amides is 2. The zero-order chi connectivity index (χ0) is 18.5. The van der Waals surface area contributed by atoms with Crippen LogP contribution in [-0.2, 0) is 17.8 Å². The summed E-state index contributed by atoms with van der Waals surface area (Å²) in [6.07, 6.45) is 7.49. The van der Waals surface area contributed by atoms with Gasteiger partial charge in [-0.2, -0.15) is 0 Å². The van der Waals surface area contributed by atoms with Crippen LogP contribution in [0.4, 0.5) is 4.79 Å². The Morgan fingerprint density at radius 3 is 2.88 bits per heavy atom. The van der Waals surface area contributed by atoms with Crippen LogP contribution in [-0.4, -0.2) is 63.9 Å². The molecule has 0 aromatic carbocycles. The molecule has 2 amide bonds. The van der Waals surface area contributed by atoms with Crippen LogP contribution in [0.15, 0.2) is 41.5 Å². The van der Waals surface area contributed by atoms with Crippen molar-refractivity contribution in [2.75, 3.05) is 26.7 Å². The van der Waals surface area contributed by atoms with E-state index in [1.165, 1.54) is 0 Å². The summed E-state index contributed by atoms with van der Waals surface area (Å²) in [4.78, 5) is 25.9. The van der Waals surface area contributed by atoms with Gasteiger partial charge in [-0.1, -0.05) is 0 Å². The summed E-state index contributed by atoms with van der Waals surface area (Å²) in [5, 5.41) is 19.1. The molecular weight excluding hydrogens is 328 g/mol. The maximum atomic E-state index is 12.0. The van der Waals surface area contributed by atoms with Crippen LogP contribution in [0, 0.1) is 5.92 Å². The number of hydrogen-bond acceptors (Lipinski definition) is 5. The molecule has 9 heteroatoms. The van der Waals surface area contributed by atoms with Gasteiger partial charge in [0, 0.05) is 58.0 Å². The molecule has 2 aromatic heterocycles. The van der Waals surface area contributed by atoms with Gasteiger partial charge in [0.25, 0.3) is 6.47 Å². The minimum atomic E-state index is -0.250. The highest BCUT2D eigenvalue weighted by Gasteiger charge is 2.14. The number of likely N-dealkylation sites (N-methyl/N-ethyl adjacent to an activating group) is 1. The topological polar surface area (TPSA) is 121 Å². The molecule has 1 atom stereocenters. The van der Waals surface area contributed by atoms with E-state index in [0.717, 1.165) is 5.76 Å². The molecule has 0 fully saturated rings. The zero-order valence-corrected chi connectivity index (χ0v) is 14.1. The number of carboxylic acid groups (broad SMARTS) is 1. The van der Waals surface area contributed by atoms with Crippen LogP contribution in [0.1, 0.15) is 5.76 Å². The molecule has 0 saturated heterocycles. The van der Waals surface area contributed by atoms with Gasteiger partial charge in [0.2, 0.25) is 0 Å². The Labute approximate surface area is 145 Å². The first-order valence-corrected chi connectivity index (χ1v) is 7.76. The fourth-order valence-corrected chi connectivity index (χ4v) is 2.07. The summed E-state index contributed by atoms with van der Waals surface area (Å²) in [7, 11) is 1.74. The first-order chi connectivity index (χ1) is 12.1. The lowest BCUT2D eigenvalue weighted by Gasteiger charge is -2.20. The number of imidazole rings is 1. The Bertz CT molecular complexity index is 586. The fraction of sp³-hybridized carbons (Fsp3) is 0.438. The van der Waals surface area contributed by atoms with Gasteiger partial charge < -0.3 is 29.4 Å². The van der Waals surface area contributed by atoms with E-state index in [1.54, 1.807) is 30.7 Å². The third kappa shape index (κ3) is 8.02. The largest absolute Gasteiger partial charge is 0.483 e. The van der Waals surface area contributed by atoms with E-state index >= 15 is 0 Å². The third-order valence-electron chi connectivity index (χ3n) is 3.47. The minimum Gasteiger partial charge on any atom is -0.483 e. The van der Waals surface area contributed by atoms with Crippen molar-refractivity contribution >= 4 is 12.5 Å². The van der Waals surface area contributed by atoms with Crippen molar-refractivity contribution in [1.29, 1.82) is 0 Å². The highest BCUT2D eigenvalue weighted by atomic mass is 16.3. The molecule has 0 bridgehead atoms. The Hall–Kier alpha value is -2.81. The van der Waals surface area contributed by atoms with Gasteiger partial charge in [0.15, 0.2) is 0 Å². The molecule has 0 saturated carbocycles. The minimum absolute atomic E-state index is 0.000267. The standard InChI is InChI=1S/C15H22N4O3.CH2O2/c1-18(6-7-19-5-4-16-12-19)15(21)17-10-13(11-20)9-14-3-2-8-22-14;2-1-3/h2-5,8,12-13,20H,6-7,9-11H2,1H3,(H,17,21);1H,(H,2,3). The second-order valence-electron chi connectivity index (χ2n) is 5.35. The van der Waals surface area contributed by atoms with Crippen LogP contribution < -0.4 is 5.32 Å². The summed E-state index contributed by atoms with van der Waals surface area (Å²) < 4.78 is 7.17. The quantitative estimate of drug-likeness (QED) is 0.601. The Kier molecular flexibility index (Phi) is 9.46. The van der Waals surface area contributed by atoms with Crippen LogP contribution in [0.2, 0.25) is 0 Å². The van der Waals surface area contributed by atoms with Gasteiger partial charge in [-0.15, -0.1) is 0 Å². The fourth-order valence-electron chi connectivity index (χ4n) is 2.07. The number of aliphatic hydroxyl groups is 1. The number of nitrogens with zero attached hydrogens (tertiary/aromatic N) is 3. The van der Waals surface area contributed by atoms with Gasteiger partial charge in [-0.25, -0.2) is 9.78 Å². The summed E-state index contributed by atoms with van der Waals surface area (Å²) in [6.45, 7) is 1.44. The summed E-state index contributed by atoms with van der Waals surface area (Å²) >= 11 is 0. The molecule has 3 N–H and O–H groups in total. The monoisotopic (exact) mass is 352 g/mol. The molecule has 2 rings (SSSR count). The predicted octanol–water partition coefficient (Wildman–Crippen LogP) is 0.669.